The van der Waals surface area contributed by atoms with E-state index in [9.17, 15) is 23.6 Å². The zero-order chi connectivity index (χ0) is 42.5. The van der Waals surface area contributed by atoms with Gasteiger partial charge in [0.2, 0.25) is 11.8 Å². The van der Waals surface area contributed by atoms with Crippen LogP contribution in [-0.2, 0) is 23.2 Å². The zero-order valence-electron chi connectivity index (χ0n) is 33.4. The summed E-state index contributed by atoms with van der Waals surface area (Å²) in [5.41, 5.74) is 1.28. The number of benzene rings is 3. The van der Waals surface area contributed by atoms with E-state index in [1.807, 2.05) is 25.9 Å². The van der Waals surface area contributed by atoms with Gasteiger partial charge in [0.05, 0.1) is 28.2 Å². The third kappa shape index (κ3) is 9.66. The number of rotatable bonds is 13. The molecule has 13 nitrogen and oxygen atoms in total. The number of halogens is 4. The summed E-state index contributed by atoms with van der Waals surface area (Å²) in [4.78, 5) is 62.1. The summed E-state index contributed by atoms with van der Waals surface area (Å²) in [6.45, 7) is 5.75. The van der Waals surface area contributed by atoms with Crippen LogP contribution in [0.4, 0.5) is 24.5 Å². The minimum absolute atomic E-state index is 0.0655. The monoisotopic (exact) mass is 831 g/mol. The highest BCUT2D eigenvalue weighted by Gasteiger charge is 2.30. The average Bonchev–Trinajstić information content (AvgIpc) is 3.76. The molecule has 3 heterocycles. The number of hydrogen-bond donors (Lipinski definition) is 2. The molecule has 5 aromatic rings. The molecule has 3 aromatic carbocycles. The topological polar surface area (TPSA) is 138 Å². The third-order valence-electron chi connectivity index (χ3n) is 10.3. The van der Waals surface area contributed by atoms with Crippen LogP contribution in [0.3, 0.4) is 0 Å². The standard InChI is InChI=1S/C42H45ClF3N9O4/c1-6-26(14-15-51(3)4)41(58)53-16-18-54(19-17-53)42(59)31-11-10-29(21-34(31)43)49-40(57)39-47-22-35(52(39)5)32-13-12-30(37(45)38(32)46)33-23-55(50-25(33)2)24-36(56)48-28-9-7-8-27(44)20-28/h7-13,20-23,26H,6,14-19,24H2,1-5H3,(H,48,56)(H,49,57). The van der Waals surface area contributed by atoms with Gasteiger partial charge in [-0.2, -0.15) is 5.10 Å². The first-order chi connectivity index (χ1) is 28.1. The number of nitrogens with zero attached hydrogens (tertiary/aromatic N) is 7. The first kappa shape index (κ1) is 42.6. The molecule has 59 heavy (non-hydrogen) atoms. The summed E-state index contributed by atoms with van der Waals surface area (Å²) in [5.74, 6) is -4.36. The van der Waals surface area contributed by atoms with Gasteiger partial charge in [0.1, 0.15) is 12.4 Å². The van der Waals surface area contributed by atoms with Crippen LogP contribution in [-0.4, -0.2) is 104 Å². The van der Waals surface area contributed by atoms with Crippen molar-refractivity contribution in [1.29, 1.82) is 0 Å². The average molecular weight is 832 g/mol. The highest BCUT2D eigenvalue weighted by atomic mass is 35.5. The highest BCUT2D eigenvalue weighted by molar-refractivity contribution is 6.34. The number of imidazole rings is 1. The van der Waals surface area contributed by atoms with Gasteiger partial charge in [-0.05, 0) is 82.9 Å². The fourth-order valence-electron chi connectivity index (χ4n) is 7.03. The Morgan fingerprint density at radius 1 is 0.881 bits per heavy atom. The summed E-state index contributed by atoms with van der Waals surface area (Å²) >= 11 is 6.55. The van der Waals surface area contributed by atoms with Crippen molar-refractivity contribution in [3.05, 3.63) is 107 Å². The number of piperazine rings is 1. The second-order valence-electron chi connectivity index (χ2n) is 14.7. The Labute approximate surface area is 344 Å². The van der Waals surface area contributed by atoms with Gasteiger partial charge in [-0.15, -0.1) is 0 Å². The van der Waals surface area contributed by atoms with Crippen molar-refractivity contribution in [3.8, 4) is 22.4 Å². The quantitative estimate of drug-likeness (QED) is 0.139. The molecule has 2 aromatic heterocycles. The molecule has 310 valence electrons. The number of carbonyl (C=O) groups excluding carboxylic acids is 4. The number of nitrogens with one attached hydrogen (secondary N) is 2. The smallest absolute Gasteiger partial charge is 0.291 e. The number of anilines is 2. The van der Waals surface area contributed by atoms with E-state index in [2.05, 4.69) is 25.6 Å². The summed E-state index contributed by atoms with van der Waals surface area (Å²) in [6, 6.07) is 12.6. The third-order valence-corrected chi connectivity index (χ3v) is 10.6. The molecule has 17 heteroatoms. The predicted octanol–water partition coefficient (Wildman–Crippen LogP) is 6.48. The Kier molecular flexibility index (Phi) is 13.2. The van der Waals surface area contributed by atoms with Gasteiger partial charge in [-0.25, -0.2) is 18.2 Å². The second-order valence-corrected chi connectivity index (χ2v) is 15.1. The fourth-order valence-corrected chi connectivity index (χ4v) is 7.29. The molecule has 1 fully saturated rings. The minimum Gasteiger partial charge on any atom is -0.339 e. The molecule has 2 N–H and O–H groups in total. The van der Waals surface area contributed by atoms with Crippen molar-refractivity contribution in [2.45, 2.75) is 33.2 Å². The molecule has 0 spiro atoms. The highest BCUT2D eigenvalue weighted by Crippen LogP contribution is 2.33. The summed E-state index contributed by atoms with van der Waals surface area (Å²) < 4.78 is 47.5. The van der Waals surface area contributed by atoms with Crippen LogP contribution in [0.15, 0.2) is 67.0 Å². The Bertz CT molecular complexity index is 2390. The van der Waals surface area contributed by atoms with Crippen molar-refractivity contribution in [2.75, 3.05) is 57.5 Å². The van der Waals surface area contributed by atoms with Crippen molar-refractivity contribution in [3.63, 3.8) is 0 Å². The summed E-state index contributed by atoms with van der Waals surface area (Å²) in [5, 5.41) is 9.65. The van der Waals surface area contributed by atoms with E-state index in [0.29, 0.717) is 31.9 Å². The predicted molar refractivity (Wildman–Crippen MR) is 218 cm³/mol. The number of hydrogen-bond acceptors (Lipinski definition) is 7. The van der Waals surface area contributed by atoms with Gasteiger partial charge in [0.15, 0.2) is 17.5 Å². The summed E-state index contributed by atoms with van der Waals surface area (Å²) in [7, 11) is 5.44. The lowest BCUT2D eigenvalue weighted by Gasteiger charge is -2.36. The van der Waals surface area contributed by atoms with Crippen LogP contribution >= 0.6 is 11.6 Å². The Balaban J connectivity index is 1.08. The van der Waals surface area contributed by atoms with Crippen molar-refractivity contribution < 1.29 is 32.3 Å². The molecule has 1 aliphatic rings. The van der Waals surface area contributed by atoms with E-state index in [0.717, 1.165) is 19.4 Å². The van der Waals surface area contributed by atoms with Crippen LogP contribution < -0.4 is 10.6 Å². The van der Waals surface area contributed by atoms with Crippen LogP contribution in [0.2, 0.25) is 5.02 Å². The van der Waals surface area contributed by atoms with Crippen molar-refractivity contribution in [2.24, 2.45) is 13.0 Å². The second kappa shape index (κ2) is 18.3. The van der Waals surface area contributed by atoms with Gasteiger partial charge >= 0.3 is 0 Å². The van der Waals surface area contributed by atoms with E-state index in [-0.39, 0.29) is 74.4 Å². The molecule has 0 aliphatic carbocycles. The number of amides is 4. The molecule has 1 atom stereocenters. The maximum atomic E-state index is 15.7. The number of carbonyl (C=O) groups is 4. The number of aromatic nitrogens is 4. The number of aryl methyl sites for hydroxylation is 1. The first-order valence-corrected chi connectivity index (χ1v) is 19.5. The van der Waals surface area contributed by atoms with Gasteiger partial charge in [0, 0.05) is 73.4 Å². The molecule has 1 aliphatic heterocycles. The van der Waals surface area contributed by atoms with Gasteiger partial charge in [0.25, 0.3) is 11.8 Å². The Morgan fingerprint density at radius 2 is 1.56 bits per heavy atom. The van der Waals surface area contributed by atoms with Crippen LogP contribution in [0.5, 0.6) is 0 Å². The maximum Gasteiger partial charge on any atom is 0.291 e. The lowest BCUT2D eigenvalue weighted by molar-refractivity contribution is -0.137. The molecule has 0 bridgehead atoms. The van der Waals surface area contributed by atoms with E-state index in [1.54, 1.807) is 11.8 Å². The summed E-state index contributed by atoms with van der Waals surface area (Å²) in [6.07, 6.45) is 4.19. The largest absolute Gasteiger partial charge is 0.339 e. The van der Waals surface area contributed by atoms with E-state index >= 15 is 8.78 Å². The molecule has 1 saturated heterocycles. The molecule has 6 rings (SSSR count). The Morgan fingerprint density at radius 3 is 2.24 bits per heavy atom. The van der Waals surface area contributed by atoms with Crippen molar-refractivity contribution in [1.82, 2.24) is 34.0 Å². The molecule has 0 radical (unpaired) electrons. The van der Waals surface area contributed by atoms with E-state index < -0.39 is 29.3 Å². The van der Waals surface area contributed by atoms with Crippen LogP contribution in [0, 0.1) is 30.3 Å². The Hall–Kier alpha value is -6.00. The minimum atomic E-state index is -1.18. The SMILES string of the molecule is CCC(CCN(C)C)C(=O)N1CCN(C(=O)c2ccc(NC(=O)c3ncc(-c4ccc(-c5cn(CC(=O)Nc6cccc(F)c6)nc5C)c(F)c4F)n3C)cc2Cl)CC1. The molecular formula is C42H45ClF3N9O4. The lowest BCUT2D eigenvalue weighted by Crippen LogP contribution is -2.52. The van der Waals surface area contributed by atoms with Gasteiger partial charge < -0.3 is 29.9 Å². The molecular weight excluding hydrogens is 787 g/mol. The maximum absolute atomic E-state index is 15.7. The first-order valence-electron chi connectivity index (χ1n) is 19.1. The normalized spacial score (nSPS) is 13.5. The van der Waals surface area contributed by atoms with Crippen molar-refractivity contribution >= 4 is 46.6 Å². The van der Waals surface area contributed by atoms with E-state index in [1.165, 1.54) is 83.3 Å². The van der Waals surface area contributed by atoms with Crippen LogP contribution in [0.1, 0.15) is 46.4 Å². The fraction of sp³-hybridized carbons (Fsp3) is 0.333. The zero-order valence-corrected chi connectivity index (χ0v) is 34.1. The molecule has 4 amide bonds. The van der Waals surface area contributed by atoms with Gasteiger partial charge in [-0.3, -0.25) is 23.9 Å². The molecule has 0 saturated carbocycles. The molecule has 1 unspecified atom stereocenters. The van der Waals surface area contributed by atoms with Crippen LogP contribution in [0.25, 0.3) is 22.4 Å². The van der Waals surface area contributed by atoms with Gasteiger partial charge in [-0.1, -0.05) is 30.7 Å². The van der Waals surface area contributed by atoms with E-state index in [4.69, 9.17) is 11.6 Å². The lowest BCUT2D eigenvalue weighted by atomic mass is 10.00.